The van der Waals surface area contributed by atoms with Gasteiger partial charge < -0.3 is 0 Å². The van der Waals surface area contributed by atoms with Crippen LogP contribution in [0.15, 0.2) is 30.6 Å². The SMILES string of the molecule is Cc1ccc(/C(F)=C\F)cc1. The highest BCUT2D eigenvalue weighted by Gasteiger charge is 1.97. The van der Waals surface area contributed by atoms with Crippen LogP contribution < -0.4 is 0 Å². The van der Waals surface area contributed by atoms with Crippen LogP contribution in [0.5, 0.6) is 0 Å². The van der Waals surface area contributed by atoms with E-state index in [0.29, 0.717) is 0 Å². The van der Waals surface area contributed by atoms with Crippen molar-refractivity contribution in [3.63, 3.8) is 0 Å². The van der Waals surface area contributed by atoms with Crippen molar-refractivity contribution in [1.29, 1.82) is 0 Å². The second-order valence-electron chi connectivity index (χ2n) is 2.32. The fourth-order valence-electron chi connectivity index (χ4n) is 0.776. The first-order valence-electron chi connectivity index (χ1n) is 3.27. The minimum absolute atomic E-state index is 0.0370. The fourth-order valence-corrected chi connectivity index (χ4v) is 0.776. The third-order valence-corrected chi connectivity index (χ3v) is 1.42. The molecule has 0 spiro atoms. The van der Waals surface area contributed by atoms with Crippen LogP contribution in [0.4, 0.5) is 8.78 Å². The second-order valence-corrected chi connectivity index (χ2v) is 2.32. The largest absolute Gasteiger partial charge is 0.212 e. The molecular formula is C9H8F2. The van der Waals surface area contributed by atoms with Gasteiger partial charge in [0.05, 0.1) is 0 Å². The van der Waals surface area contributed by atoms with Crippen LogP contribution >= 0.6 is 0 Å². The van der Waals surface area contributed by atoms with E-state index >= 15 is 0 Å². The summed E-state index contributed by atoms with van der Waals surface area (Å²) in [5, 5.41) is 0. The Balaban J connectivity index is 2.99. The summed E-state index contributed by atoms with van der Waals surface area (Å²) in [6, 6.07) is 6.55. The van der Waals surface area contributed by atoms with E-state index < -0.39 is 5.83 Å². The molecule has 1 rings (SSSR count). The number of hydrogen-bond donors (Lipinski definition) is 0. The summed E-state index contributed by atoms with van der Waals surface area (Å²) in [5.74, 6) is -0.829. The minimum Gasteiger partial charge on any atom is -0.212 e. The highest BCUT2D eigenvalue weighted by molar-refractivity contribution is 5.57. The molecule has 58 valence electrons. The van der Waals surface area contributed by atoms with Gasteiger partial charge in [-0.05, 0) is 6.92 Å². The summed E-state index contributed by atoms with van der Waals surface area (Å²) in [4.78, 5) is 0. The Morgan fingerprint density at radius 3 is 2.27 bits per heavy atom. The lowest BCUT2D eigenvalue weighted by Gasteiger charge is -1.95. The van der Waals surface area contributed by atoms with Crippen molar-refractivity contribution in [3.8, 4) is 0 Å². The van der Waals surface area contributed by atoms with Gasteiger partial charge in [0, 0.05) is 5.56 Å². The number of halogens is 2. The van der Waals surface area contributed by atoms with Crippen molar-refractivity contribution >= 4 is 5.83 Å². The first kappa shape index (κ1) is 7.92. The van der Waals surface area contributed by atoms with E-state index in [-0.39, 0.29) is 11.9 Å². The summed E-state index contributed by atoms with van der Waals surface area (Å²) in [6.45, 7) is 1.89. The van der Waals surface area contributed by atoms with Gasteiger partial charge in [0.25, 0.3) is 0 Å². The fraction of sp³-hybridized carbons (Fsp3) is 0.111. The Labute approximate surface area is 64.2 Å². The molecule has 1 aromatic carbocycles. The molecule has 0 aliphatic carbocycles. The van der Waals surface area contributed by atoms with Gasteiger partial charge in [-0.1, -0.05) is 29.8 Å². The summed E-state index contributed by atoms with van der Waals surface area (Å²) in [6.07, 6.45) is -0.0370. The zero-order valence-corrected chi connectivity index (χ0v) is 6.14. The smallest absolute Gasteiger partial charge is 0.158 e. The molecule has 0 saturated heterocycles. The highest BCUT2D eigenvalue weighted by Crippen LogP contribution is 2.15. The highest BCUT2D eigenvalue weighted by atomic mass is 19.2. The molecule has 0 N–H and O–H groups in total. The van der Waals surface area contributed by atoms with Gasteiger partial charge in [-0.2, -0.15) is 0 Å². The average molecular weight is 154 g/mol. The molecular weight excluding hydrogens is 146 g/mol. The molecule has 2 heteroatoms. The van der Waals surface area contributed by atoms with Crippen molar-refractivity contribution in [1.82, 2.24) is 0 Å². The average Bonchev–Trinajstić information content (AvgIpc) is 2.05. The van der Waals surface area contributed by atoms with Gasteiger partial charge in [-0.25, -0.2) is 8.78 Å². The second kappa shape index (κ2) is 3.28. The van der Waals surface area contributed by atoms with Crippen LogP contribution in [0.3, 0.4) is 0 Å². The maximum atomic E-state index is 12.5. The minimum atomic E-state index is -0.829. The Morgan fingerprint density at radius 2 is 1.82 bits per heavy atom. The van der Waals surface area contributed by atoms with Gasteiger partial charge in [0.1, 0.15) is 6.33 Å². The predicted octanol–water partition coefficient (Wildman–Crippen LogP) is 3.23. The van der Waals surface area contributed by atoms with Gasteiger partial charge in [0.2, 0.25) is 0 Å². The van der Waals surface area contributed by atoms with E-state index in [1.165, 1.54) is 0 Å². The third kappa shape index (κ3) is 1.87. The van der Waals surface area contributed by atoms with Gasteiger partial charge in [0.15, 0.2) is 5.83 Å². The lowest BCUT2D eigenvalue weighted by molar-refractivity contribution is 0.671. The molecule has 0 nitrogen and oxygen atoms in total. The number of rotatable bonds is 1. The van der Waals surface area contributed by atoms with E-state index in [2.05, 4.69) is 0 Å². The van der Waals surface area contributed by atoms with Crippen LogP contribution in [-0.2, 0) is 0 Å². The Hall–Kier alpha value is -1.18. The number of aryl methyl sites for hydroxylation is 1. The molecule has 0 bridgehead atoms. The third-order valence-electron chi connectivity index (χ3n) is 1.42. The molecule has 0 atom stereocenters. The lowest BCUT2D eigenvalue weighted by atomic mass is 10.1. The summed E-state index contributed by atoms with van der Waals surface area (Å²) >= 11 is 0. The van der Waals surface area contributed by atoms with Crippen molar-refractivity contribution in [2.24, 2.45) is 0 Å². The Kier molecular flexibility index (Phi) is 2.36. The van der Waals surface area contributed by atoms with E-state index in [9.17, 15) is 8.78 Å². The first-order chi connectivity index (χ1) is 5.24. The summed E-state index contributed by atoms with van der Waals surface area (Å²) < 4.78 is 24.1. The van der Waals surface area contributed by atoms with Gasteiger partial charge >= 0.3 is 0 Å². The van der Waals surface area contributed by atoms with Crippen LogP contribution in [0, 0.1) is 6.92 Å². The van der Waals surface area contributed by atoms with Crippen LogP contribution in [-0.4, -0.2) is 0 Å². The van der Waals surface area contributed by atoms with Crippen molar-refractivity contribution in [3.05, 3.63) is 41.7 Å². The molecule has 1 aromatic rings. The molecule has 0 aromatic heterocycles. The molecule has 0 amide bonds. The van der Waals surface area contributed by atoms with Crippen LogP contribution in [0.1, 0.15) is 11.1 Å². The van der Waals surface area contributed by atoms with Crippen molar-refractivity contribution in [2.75, 3.05) is 0 Å². The number of hydrogen-bond acceptors (Lipinski definition) is 0. The molecule has 0 radical (unpaired) electrons. The van der Waals surface area contributed by atoms with Gasteiger partial charge in [-0.3, -0.25) is 0 Å². The lowest BCUT2D eigenvalue weighted by Crippen LogP contribution is -1.77. The van der Waals surface area contributed by atoms with Crippen LogP contribution in [0.25, 0.3) is 5.83 Å². The normalized spacial score (nSPS) is 11.7. The van der Waals surface area contributed by atoms with Crippen LogP contribution in [0.2, 0.25) is 0 Å². The summed E-state index contributed by atoms with van der Waals surface area (Å²) in [7, 11) is 0. The van der Waals surface area contributed by atoms with Crippen molar-refractivity contribution < 1.29 is 8.78 Å². The van der Waals surface area contributed by atoms with Gasteiger partial charge in [-0.15, -0.1) is 0 Å². The molecule has 0 heterocycles. The molecule has 0 aliphatic heterocycles. The maximum absolute atomic E-state index is 12.5. The standard InChI is InChI=1S/C9H8F2/c1-7-2-4-8(5-3-7)9(11)6-10/h2-6H,1H3/b9-6+. The summed E-state index contributed by atoms with van der Waals surface area (Å²) in [5.41, 5.74) is 1.30. The number of benzene rings is 1. The van der Waals surface area contributed by atoms with E-state index in [1.807, 2.05) is 6.92 Å². The molecule has 0 saturated carbocycles. The Morgan fingerprint density at radius 1 is 1.27 bits per heavy atom. The van der Waals surface area contributed by atoms with Crippen molar-refractivity contribution in [2.45, 2.75) is 6.92 Å². The zero-order valence-electron chi connectivity index (χ0n) is 6.14. The maximum Gasteiger partial charge on any atom is 0.158 e. The Bertz CT molecular complexity index is 259. The molecule has 0 aliphatic rings. The van der Waals surface area contributed by atoms with E-state index in [1.54, 1.807) is 24.3 Å². The zero-order chi connectivity index (χ0) is 8.27. The predicted molar refractivity (Wildman–Crippen MR) is 41.4 cm³/mol. The molecule has 0 fully saturated rings. The quantitative estimate of drug-likeness (QED) is 0.582. The molecule has 0 unspecified atom stereocenters. The monoisotopic (exact) mass is 154 g/mol. The first-order valence-corrected chi connectivity index (χ1v) is 3.27. The molecule has 11 heavy (non-hydrogen) atoms. The van der Waals surface area contributed by atoms with E-state index in [0.717, 1.165) is 5.56 Å². The van der Waals surface area contributed by atoms with E-state index in [4.69, 9.17) is 0 Å². The topological polar surface area (TPSA) is 0 Å².